The van der Waals surface area contributed by atoms with Crippen LogP contribution in [0.5, 0.6) is 0 Å². The van der Waals surface area contributed by atoms with E-state index in [1.807, 2.05) is 51.1 Å². The van der Waals surface area contributed by atoms with Crippen LogP contribution in [0.4, 0.5) is 0 Å². The van der Waals surface area contributed by atoms with Gasteiger partial charge in [0.2, 0.25) is 5.91 Å². The van der Waals surface area contributed by atoms with Gasteiger partial charge in [-0.25, -0.2) is 0 Å². The Morgan fingerprint density at radius 1 is 1.26 bits per heavy atom. The third-order valence-electron chi connectivity index (χ3n) is 3.77. The molecule has 1 saturated heterocycles. The Hall–Kier alpha value is -1.36. The van der Waals surface area contributed by atoms with Gasteiger partial charge in [0.05, 0.1) is 10.9 Å². The molecule has 0 aromatic heterocycles. The van der Waals surface area contributed by atoms with Gasteiger partial charge in [-0.15, -0.1) is 0 Å². The first-order valence-electron chi connectivity index (χ1n) is 7.99. The number of nitrogens with zero attached hydrogens (tertiary/aromatic N) is 1. The summed E-state index contributed by atoms with van der Waals surface area (Å²) in [6.45, 7) is 5.48. The predicted octanol–water partition coefficient (Wildman–Crippen LogP) is 3.85. The van der Waals surface area contributed by atoms with Crippen LogP contribution in [-0.4, -0.2) is 33.7 Å². The lowest BCUT2D eigenvalue weighted by Crippen LogP contribution is -2.42. The average molecular weight is 382 g/mol. The Balaban J connectivity index is 2.24. The maximum Gasteiger partial charge on any atom is 0.326 e. The molecule has 0 N–H and O–H groups in total. The van der Waals surface area contributed by atoms with Crippen LogP contribution in [0.3, 0.4) is 0 Å². The molecule has 1 aliphatic heterocycles. The van der Waals surface area contributed by atoms with Crippen molar-refractivity contribution in [2.24, 2.45) is 0 Å². The topological polar surface area (TPSA) is 46.6 Å². The molecule has 2 rings (SSSR count). The number of rotatable bonds is 3. The number of esters is 1. The fourth-order valence-corrected chi connectivity index (χ4v) is 3.41. The third-order valence-corrected chi connectivity index (χ3v) is 4.62. The highest BCUT2D eigenvalue weighted by Crippen LogP contribution is 2.32. The summed E-state index contributed by atoms with van der Waals surface area (Å²) in [4.78, 5) is 26.4. The Bertz CT molecular complexity index is 553. The van der Waals surface area contributed by atoms with Crippen LogP contribution in [0.15, 0.2) is 30.3 Å². The average Bonchev–Trinajstić information content (AvgIpc) is 2.60. The summed E-state index contributed by atoms with van der Waals surface area (Å²) < 4.78 is 5.40. The van der Waals surface area contributed by atoms with E-state index >= 15 is 0 Å². The molecular weight excluding hydrogens is 358 g/mol. The Labute approximate surface area is 146 Å². The molecule has 0 saturated carbocycles. The van der Waals surface area contributed by atoms with Gasteiger partial charge in [-0.2, -0.15) is 0 Å². The van der Waals surface area contributed by atoms with Crippen molar-refractivity contribution in [3.05, 3.63) is 35.9 Å². The first-order valence-corrected chi connectivity index (χ1v) is 8.91. The molecule has 0 bridgehead atoms. The van der Waals surface area contributed by atoms with Gasteiger partial charge < -0.3 is 9.64 Å². The van der Waals surface area contributed by atoms with Gasteiger partial charge in [-0.1, -0.05) is 46.3 Å². The fraction of sp³-hybridized carbons (Fsp3) is 0.556. The molecule has 4 nitrogen and oxygen atoms in total. The van der Waals surface area contributed by atoms with Gasteiger partial charge in [-0.05, 0) is 45.6 Å². The number of benzene rings is 1. The van der Waals surface area contributed by atoms with Crippen molar-refractivity contribution in [3.63, 3.8) is 0 Å². The second-order valence-corrected chi connectivity index (χ2v) is 7.98. The van der Waals surface area contributed by atoms with Crippen molar-refractivity contribution in [2.45, 2.75) is 56.5 Å². The van der Waals surface area contributed by atoms with E-state index in [0.717, 1.165) is 24.8 Å². The van der Waals surface area contributed by atoms with Crippen LogP contribution >= 0.6 is 15.9 Å². The number of carbonyl (C=O) groups is 2. The number of amides is 1. The van der Waals surface area contributed by atoms with Crippen molar-refractivity contribution in [3.8, 4) is 0 Å². The molecule has 2 unspecified atom stereocenters. The molecular formula is C18H24BrNO3. The highest BCUT2D eigenvalue weighted by molar-refractivity contribution is 9.10. The van der Waals surface area contributed by atoms with Crippen molar-refractivity contribution >= 4 is 27.8 Å². The number of alkyl halides is 1. The lowest BCUT2D eigenvalue weighted by Gasteiger charge is -2.31. The highest BCUT2D eigenvalue weighted by Gasteiger charge is 2.34. The van der Waals surface area contributed by atoms with E-state index in [9.17, 15) is 9.59 Å². The maximum atomic E-state index is 12.7. The molecule has 126 valence electrons. The molecule has 1 amide bonds. The Morgan fingerprint density at radius 2 is 1.91 bits per heavy atom. The number of hydrogen-bond donors (Lipinski definition) is 0. The van der Waals surface area contributed by atoms with Crippen LogP contribution < -0.4 is 0 Å². The van der Waals surface area contributed by atoms with Crippen molar-refractivity contribution in [1.82, 2.24) is 4.90 Å². The van der Waals surface area contributed by atoms with Gasteiger partial charge in [-0.3, -0.25) is 9.59 Å². The second kappa shape index (κ2) is 7.47. The fourth-order valence-electron chi connectivity index (χ4n) is 2.83. The molecule has 1 aromatic rings. The summed E-state index contributed by atoms with van der Waals surface area (Å²) in [6.07, 6.45) is 2.57. The summed E-state index contributed by atoms with van der Waals surface area (Å²) in [6, 6.07) is 9.81. The maximum absolute atomic E-state index is 12.7. The molecule has 1 fully saturated rings. The summed E-state index contributed by atoms with van der Waals surface area (Å²) in [5.74, 6) is -0.407. The molecule has 0 radical (unpaired) electrons. The molecule has 1 heterocycles. The van der Waals surface area contributed by atoms with E-state index in [1.165, 1.54) is 0 Å². The van der Waals surface area contributed by atoms with E-state index in [2.05, 4.69) is 15.9 Å². The predicted molar refractivity (Wildman–Crippen MR) is 93.3 cm³/mol. The minimum atomic E-state index is -0.554. The summed E-state index contributed by atoms with van der Waals surface area (Å²) in [5, 5.41) is 0. The van der Waals surface area contributed by atoms with Gasteiger partial charge in [0, 0.05) is 0 Å². The summed E-state index contributed by atoms with van der Waals surface area (Å²) >= 11 is 3.45. The number of likely N-dealkylation sites (tertiary alicyclic amines) is 1. The molecule has 23 heavy (non-hydrogen) atoms. The van der Waals surface area contributed by atoms with E-state index in [1.54, 1.807) is 4.90 Å². The van der Waals surface area contributed by atoms with Crippen LogP contribution in [0.2, 0.25) is 0 Å². The highest BCUT2D eigenvalue weighted by atomic mass is 79.9. The van der Waals surface area contributed by atoms with Crippen molar-refractivity contribution in [1.29, 1.82) is 0 Å². The quantitative estimate of drug-likeness (QED) is 0.590. The third kappa shape index (κ3) is 5.06. The number of ether oxygens (including phenoxy) is 1. The normalized spacial score (nSPS) is 22.6. The molecule has 0 spiro atoms. The molecule has 5 heteroatoms. The van der Waals surface area contributed by atoms with Crippen LogP contribution in [0.1, 0.15) is 51.6 Å². The van der Waals surface area contributed by atoms with Crippen LogP contribution in [0, 0.1) is 0 Å². The smallest absolute Gasteiger partial charge is 0.326 e. The summed E-state index contributed by atoms with van der Waals surface area (Å²) in [7, 11) is 0. The van der Waals surface area contributed by atoms with Crippen molar-refractivity contribution < 1.29 is 14.3 Å². The van der Waals surface area contributed by atoms with Crippen molar-refractivity contribution in [2.75, 3.05) is 6.54 Å². The zero-order chi connectivity index (χ0) is 17.0. The van der Waals surface area contributed by atoms with Gasteiger partial charge >= 0.3 is 5.97 Å². The van der Waals surface area contributed by atoms with E-state index < -0.39 is 5.60 Å². The van der Waals surface area contributed by atoms with Crippen LogP contribution in [-0.2, 0) is 14.3 Å². The second-order valence-electron chi connectivity index (χ2n) is 6.88. The SMILES string of the molecule is CC(C)(C)OC(=O)CN1C(=O)C(Br)CCCC1c1ccccc1. The summed E-state index contributed by atoms with van der Waals surface area (Å²) in [5.41, 5.74) is 0.508. The van der Waals surface area contributed by atoms with E-state index in [0.29, 0.717) is 0 Å². The van der Waals surface area contributed by atoms with E-state index in [-0.39, 0.29) is 29.3 Å². The number of carbonyl (C=O) groups excluding carboxylic acids is 2. The van der Waals surface area contributed by atoms with Gasteiger partial charge in [0.25, 0.3) is 0 Å². The zero-order valence-corrected chi connectivity index (χ0v) is 15.5. The first kappa shape index (κ1) is 18.0. The minimum absolute atomic E-state index is 0.0161. The molecule has 2 atom stereocenters. The Kier molecular flexibility index (Phi) is 5.84. The van der Waals surface area contributed by atoms with Crippen LogP contribution in [0.25, 0.3) is 0 Å². The number of hydrogen-bond acceptors (Lipinski definition) is 3. The lowest BCUT2D eigenvalue weighted by molar-refractivity contribution is -0.159. The first-order chi connectivity index (χ1) is 10.8. The molecule has 1 aromatic carbocycles. The largest absolute Gasteiger partial charge is 0.459 e. The van der Waals surface area contributed by atoms with E-state index in [4.69, 9.17) is 4.74 Å². The van der Waals surface area contributed by atoms with Gasteiger partial charge in [0.1, 0.15) is 12.1 Å². The molecule has 1 aliphatic rings. The number of halogens is 1. The zero-order valence-electron chi connectivity index (χ0n) is 13.9. The monoisotopic (exact) mass is 381 g/mol. The minimum Gasteiger partial charge on any atom is -0.459 e. The lowest BCUT2D eigenvalue weighted by atomic mass is 10.0. The van der Waals surface area contributed by atoms with Gasteiger partial charge in [0.15, 0.2) is 0 Å². The Morgan fingerprint density at radius 3 is 2.52 bits per heavy atom. The molecule has 0 aliphatic carbocycles. The standard InChI is InChI=1S/C18H24BrNO3/c1-18(2,3)23-16(21)12-20-15(13-8-5-4-6-9-13)11-7-10-14(19)17(20)22/h4-6,8-9,14-15H,7,10-12H2,1-3H3.